The molecule has 0 radical (unpaired) electrons. The van der Waals surface area contributed by atoms with Gasteiger partial charge in [0.2, 0.25) is 10.0 Å². The number of sulfonamides is 1. The molecule has 0 spiro atoms. The molecular formula is C18H27N3O8S. The molecule has 1 aromatic rings. The Balaban J connectivity index is 2.44. The first-order chi connectivity index (χ1) is 14.0. The van der Waals surface area contributed by atoms with Crippen molar-refractivity contribution < 1.29 is 32.4 Å². The number of hydrogen-bond donors (Lipinski definition) is 1. The summed E-state index contributed by atoms with van der Waals surface area (Å²) in [5, 5.41) is 11.0. The van der Waals surface area contributed by atoms with Gasteiger partial charge in [-0.15, -0.1) is 0 Å². The lowest BCUT2D eigenvalue weighted by molar-refractivity contribution is -0.387. The highest BCUT2D eigenvalue weighted by Crippen LogP contribution is 2.22. The van der Waals surface area contributed by atoms with Crippen molar-refractivity contribution in [1.29, 1.82) is 0 Å². The van der Waals surface area contributed by atoms with Crippen LogP contribution in [0, 0.1) is 10.1 Å². The van der Waals surface area contributed by atoms with Crippen LogP contribution in [0.1, 0.15) is 20.8 Å². The van der Waals surface area contributed by atoms with E-state index in [0.29, 0.717) is 6.29 Å². The third kappa shape index (κ3) is 9.39. The van der Waals surface area contributed by atoms with Crippen LogP contribution in [0.15, 0.2) is 29.2 Å². The monoisotopic (exact) mass is 445 g/mol. The maximum Gasteiger partial charge on any atom is 0.320 e. The van der Waals surface area contributed by atoms with Crippen LogP contribution in [0.25, 0.3) is 0 Å². The van der Waals surface area contributed by atoms with E-state index in [-0.39, 0.29) is 39.4 Å². The molecule has 0 heterocycles. The molecule has 11 nitrogen and oxygen atoms in total. The molecule has 0 bridgehead atoms. The van der Waals surface area contributed by atoms with Crippen molar-refractivity contribution >= 4 is 28.0 Å². The topological polar surface area (TPSA) is 145 Å². The van der Waals surface area contributed by atoms with Crippen molar-refractivity contribution in [2.24, 2.45) is 0 Å². The van der Waals surface area contributed by atoms with Crippen molar-refractivity contribution in [2.45, 2.75) is 31.3 Å². The SMILES string of the molecule is CC(C)(C)OC(=O)CN(CC=O)CCOCCNS(=O)(=O)c1ccccc1[N+](=O)[O-]. The maximum atomic E-state index is 12.2. The molecule has 0 unspecified atom stereocenters. The number of esters is 1. The first-order valence-corrected chi connectivity index (χ1v) is 10.6. The number of rotatable bonds is 13. The van der Waals surface area contributed by atoms with E-state index in [1.54, 1.807) is 25.7 Å². The van der Waals surface area contributed by atoms with Gasteiger partial charge in [0.05, 0.1) is 31.2 Å². The maximum absolute atomic E-state index is 12.2. The second-order valence-corrected chi connectivity index (χ2v) is 8.96. The number of ether oxygens (including phenoxy) is 2. The number of carbonyl (C=O) groups excluding carboxylic acids is 2. The fourth-order valence-corrected chi connectivity index (χ4v) is 3.54. The highest BCUT2D eigenvalue weighted by Gasteiger charge is 2.24. The molecule has 0 aliphatic rings. The van der Waals surface area contributed by atoms with Crippen LogP contribution in [0.4, 0.5) is 5.69 Å². The fourth-order valence-electron chi connectivity index (χ4n) is 2.35. The highest BCUT2D eigenvalue weighted by molar-refractivity contribution is 7.89. The van der Waals surface area contributed by atoms with Gasteiger partial charge in [-0.1, -0.05) is 12.1 Å². The number of nitrogens with one attached hydrogen (secondary N) is 1. The van der Waals surface area contributed by atoms with Crippen LogP contribution < -0.4 is 4.72 Å². The number of benzene rings is 1. The molecule has 0 amide bonds. The van der Waals surface area contributed by atoms with Crippen molar-refractivity contribution in [2.75, 3.05) is 39.4 Å². The van der Waals surface area contributed by atoms with E-state index in [9.17, 15) is 28.1 Å². The lowest BCUT2D eigenvalue weighted by Crippen LogP contribution is -2.38. The Bertz CT molecular complexity index is 836. The van der Waals surface area contributed by atoms with Crippen molar-refractivity contribution in [3.63, 3.8) is 0 Å². The van der Waals surface area contributed by atoms with Crippen molar-refractivity contribution in [1.82, 2.24) is 9.62 Å². The first kappa shape index (κ1) is 25.6. The summed E-state index contributed by atoms with van der Waals surface area (Å²) in [5.74, 6) is -0.471. The Labute approximate surface area is 175 Å². The molecule has 0 aliphatic carbocycles. The van der Waals surface area contributed by atoms with Gasteiger partial charge in [0, 0.05) is 19.2 Å². The van der Waals surface area contributed by atoms with Crippen molar-refractivity contribution in [3.8, 4) is 0 Å². The van der Waals surface area contributed by atoms with Gasteiger partial charge < -0.3 is 14.3 Å². The number of hydrogen-bond acceptors (Lipinski definition) is 9. The van der Waals surface area contributed by atoms with Gasteiger partial charge in [0.1, 0.15) is 11.9 Å². The smallest absolute Gasteiger partial charge is 0.320 e. The molecule has 0 saturated heterocycles. The predicted octanol–water partition coefficient (Wildman–Crippen LogP) is 0.732. The molecule has 0 aliphatic heterocycles. The van der Waals surface area contributed by atoms with Crippen molar-refractivity contribution in [3.05, 3.63) is 34.4 Å². The summed E-state index contributed by atoms with van der Waals surface area (Å²) in [7, 11) is -4.07. The molecule has 168 valence electrons. The minimum Gasteiger partial charge on any atom is -0.459 e. The minimum absolute atomic E-state index is 0.00122. The lowest BCUT2D eigenvalue weighted by Gasteiger charge is -2.23. The molecule has 0 fully saturated rings. The van der Waals surface area contributed by atoms with Gasteiger partial charge in [0.25, 0.3) is 5.69 Å². The summed E-state index contributed by atoms with van der Waals surface area (Å²) >= 11 is 0. The molecule has 12 heteroatoms. The standard InChI is InChI=1S/C18H27N3O8S/c1-18(2,3)29-17(23)14-20(9-11-22)10-13-28-12-8-19-30(26,27)16-7-5-4-6-15(16)21(24)25/h4-7,11,19H,8-10,12-14H2,1-3H3. The summed E-state index contributed by atoms with van der Waals surface area (Å²) in [5.41, 5.74) is -1.15. The second-order valence-electron chi connectivity index (χ2n) is 7.22. The zero-order valence-corrected chi connectivity index (χ0v) is 18.0. The molecule has 0 saturated carbocycles. The van der Waals surface area contributed by atoms with Gasteiger partial charge in [-0.3, -0.25) is 19.8 Å². The molecule has 0 atom stereocenters. The van der Waals surface area contributed by atoms with Crippen LogP contribution in [0.2, 0.25) is 0 Å². The van der Waals surface area contributed by atoms with E-state index in [4.69, 9.17) is 9.47 Å². The predicted molar refractivity (Wildman–Crippen MR) is 107 cm³/mol. The summed E-state index contributed by atoms with van der Waals surface area (Å²) < 4.78 is 37.3. The number of nitrogens with zero attached hydrogens (tertiary/aromatic N) is 2. The summed E-state index contributed by atoms with van der Waals surface area (Å²) in [6.45, 7) is 5.46. The Morgan fingerprint density at radius 3 is 2.53 bits per heavy atom. The van der Waals surface area contributed by atoms with E-state index in [2.05, 4.69) is 4.72 Å². The van der Waals surface area contributed by atoms with Gasteiger partial charge >= 0.3 is 5.97 Å². The Kier molecular flexibility index (Phi) is 9.99. The van der Waals surface area contributed by atoms with Crippen LogP contribution >= 0.6 is 0 Å². The van der Waals surface area contributed by atoms with E-state index >= 15 is 0 Å². The third-order valence-electron chi connectivity index (χ3n) is 3.55. The van der Waals surface area contributed by atoms with Gasteiger partial charge in [-0.05, 0) is 26.8 Å². The van der Waals surface area contributed by atoms with Gasteiger partial charge in [-0.25, -0.2) is 13.1 Å². The number of nitro benzene ring substituents is 1. The molecule has 1 aromatic carbocycles. The number of nitro groups is 1. The summed E-state index contributed by atoms with van der Waals surface area (Å²) in [4.78, 5) is 34.0. The molecule has 1 rings (SSSR count). The zero-order valence-electron chi connectivity index (χ0n) is 17.2. The largest absolute Gasteiger partial charge is 0.459 e. The third-order valence-corrected chi connectivity index (χ3v) is 5.06. The average molecular weight is 445 g/mol. The number of carbonyl (C=O) groups is 2. The Hall–Kier alpha value is -2.41. The summed E-state index contributed by atoms with van der Waals surface area (Å²) in [6, 6.07) is 5.03. The van der Waals surface area contributed by atoms with Crippen LogP contribution in [0.5, 0.6) is 0 Å². The van der Waals surface area contributed by atoms with Gasteiger partial charge in [0.15, 0.2) is 4.90 Å². The Morgan fingerprint density at radius 2 is 1.93 bits per heavy atom. The van der Waals surface area contributed by atoms with E-state index in [1.165, 1.54) is 12.1 Å². The quantitative estimate of drug-likeness (QED) is 0.153. The van der Waals surface area contributed by atoms with Crippen LogP contribution in [-0.4, -0.2) is 75.5 Å². The van der Waals surface area contributed by atoms with E-state index in [1.807, 2.05) is 0 Å². The molecule has 1 N–H and O–H groups in total. The Morgan fingerprint density at radius 1 is 1.27 bits per heavy atom. The normalized spacial score (nSPS) is 12.0. The average Bonchev–Trinajstić information content (AvgIpc) is 2.63. The molecule has 0 aromatic heterocycles. The number of para-hydroxylation sites is 1. The number of aldehydes is 1. The first-order valence-electron chi connectivity index (χ1n) is 9.15. The van der Waals surface area contributed by atoms with E-state index < -0.39 is 37.1 Å². The summed E-state index contributed by atoms with van der Waals surface area (Å²) in [6.07, 6.45) is 0.658. The van der Waals surface area contributed by atoms with Gasteiger partial charge in [-0.2, -0.15) is 0 Å². The van der Waals surface area contributed by atoms with E-state index in [0.717, 1.165) is 12.1 Å². The molecular weight excluding hydrogens is 418 g/mol. The lowest BCUT2D eigenvalue weighted by atomic mass is 10.2. The highest BCUT2D eigenvalue weighted by atomic mass is 32.2. The van der Waals surface area contributed by atoms with Crippen LogP contribution in [-0.2, 0) is 29.1 Å². The second kappa shape index (κ2) is 11.7. The fraction of sp³-hybridized carbons (Fsp3) is 0.556. The minimum atomic E-state index is -4.07. The zero-order chi connectivity index (χ0) is 22.8. The van der Waals surface area contributed by atoms with Crippen LogP contribution in [0.3, 0.4) is 0 Å². The molecule has 30 heavy (non-hydrogen) atoms.